The molecule has 178 valence electrons. The van der Waals surface area contributed by atoms with Crippen molar-refractivity contribution in [3.8, 4) is 16.9 Å². The lowest BCUT2D eigenvalue weighted by Gasteiger charge is -2.17. The van der Waals surface area contributed by atoms with Crippen molar-refractivity contribution in [2.24, 2.45) is 0 Å². The molecule has 0 fully saturated rings. The molecule has 3 aromatic heterocycles. The number of fused-ring (bicyclic) bond motifs is 1. The van der Waals surface area contributed by atoms with Gasteiger partial charge in [-0.1, -0.05) is 17.3 Å². The van der Waals surface area contributed by atoms with Crippen molar-refractivity contribution in [3.05, 3.63) is 77.8 Å². The molecule has 0 spiro atoms. The number of amides is 1. The molecule has 0 radical (unpaired) electrons. The molecule has 1 aliphatic heterocycles. The van der Waals surface area contributed by atoms with Gasteiger partial charge in [0.2, 0.25) is 0 Å². The lowest BCUT2D eigenvalue weighted by Crippen LogP contribution is -2.26. The first-order chi connectivity index (χ1) is 17.1. The number of nitrogens with zero attached hydrogens (tertiary/aromatic N) is 6. The number of hydrogen-bond donors (Lipinski definition) is 1. The van der Waals surface area contributed by atoms with Crippen molar-refractivity contribution in [1.82, 2.24) is 34.8 Å². The van der Waals surface area contributed by atoms with Gasteiger partial charge in [-0.25, -0.2) is 14.5 Å². The van der Waals surface area contributed by atoms with Crippen LogP contribution in [0.25, 0.3) is 16.9 Å². The van der Waals surface area contributed by atoms with E-state index in [-0.39, 0.29) is 5.91 Å². The Hall–Kier alpha value is -4.38. The number of nitrogens with one attached hydrogen (secondary N) is 1. The Morgan fingerprint density at radius 3 is 2.97 bits per heavy atom. The van der Waals surface area contributed by atoms with Crippen molar-refractivity contribution in [2.75, 3.05) is 13.2 Å². The number of esters is 1. The van der Waals surface area contributed by atoms with Crippen LogP contribution >= 0.6 is 0 Å². The molecule has 0 saturated carbocycles. The largest absolute Gasteiger partial charge is 0.462 e. The monoisotopic (exact) mass is 473 g/mol. The minimum atomic E-state index is -0.394. The highest BCUT2D eigenvalue weighted by atomic mass is 16.5. The molecule has 0 bridgehead atoms. The Kier molecular flexibility index (Phi) is 6.31. The quantitative estimate of drug-likeness (QED) is 0.405. The van der Waals surface area contributed by atoms with Gasteiger partial charge in [-0.05, 0) is 25.1 Å². The minimum absolute atomic E-state index is 0.260. The van der Waals surface area contributed by atoms with Crippen LogP contribution in [0, 0.1) is 0 Å². The summed E-state index contributed by atoms with van der Waals surface area (Å²) in [6, 6.07) is 8.68. The van der Waals surface area contributed by atoms with E-state index in [9.17, 15) is 9.59 Å². The summed E-state index contributed by atoms with van der Waals surface area (Å²) in [5.41, 5.74) is 3.62. The first-order valence-corrected chi connectivity index (χ1v) is 11.2. The van der Waals surface area contributed by atoms with E-state index >= 15 is 0 Å². The van der Waals surface area contributed by atoms with Crippen LogP contribution in [0.1, 0.15) is 39.2 Å². The van der Waals surface area contributed by atoms with E-state index in [0.29, 0.717) is 48.9 Å². The lowest BCUT2D eigenvalue weighted by molar-refractivity contribution is 0.0526. The summed E-state index contributed by atoms with van der Waals surface area (Å²) in [6.45, 7) is 4.23. The zero-order chi connectivity index (χ0) is 24.2. The number of hydrogen-bond acceptors (Lipinski definition) is 8. The van der Waals surface area contributed by atoms with Gasteiger partial charge in [0.1, 0.15) is 18.1 Å². The molecule has 1 N–H and O–H groups in total. The van der Waals surface area contributed by atoms with E-state index in [4.69, 9.17) is 9.47 Å². The topological polar surface area (TPSA) is 126 Å². The molecular formula is C24H23N7O4. The van der Waals surface area contributed by atoms with Gasteiger partial charge in [0.15, 0.2) is 0 Å². The molecular weight excluding hydrogens is 450 g/mol. The van der Waals surface area contributed by atoms with E-state index in [2.05, 4.69) is 30.2 Å². The third kappa shape index (κ3) is 4.80. The van der Waals surface area contributed by atoms with Gasteiger partial charge < -0.3 is 19.4 Å². The highest BCUT2D eigenvalue weighted by Crippen LogP contribution is 2.20. The highest BCUT2D eigenvalue weighted by Gasteiger charge is 2.16. The standard InChI is InChI=1S/C24H23N7O4/c1-2-35-24(33)17-5-3-4-16(8-17)21-14-31(29-28-21)19-9-18(10-25-11-19)23(32)27-13-20-12-26-22-15-34-7-6-30(20)22/h3-5,8-12,14H,2,6-7,13,15H2,1H3,(H,27,32). The van der Waals surface area contributed by atoms with Crippen LogP contribution in [0.2, 0.25) is 0 Å². The second kappa shape index (κ2) is 9.85. The maximum absolute atomic E-state index is 12.8. The minimum Gasteiger partial charge on any atom is -0.462 e. The van der Waals surface area contributed by atoms with Crippen LogP contribution in [0.5, 0.6) is 0 Å². The van der Waals surface area contributed by atoms with Crippen molar-refractivity contribution >= 4 is 11.9 Å². The molecule has 1 aliphatic rings. The third-order valence-corrected chi connectivity index (χ3v) is 5.55. The lowest BCUT2D eigenvalue weighted by atomic mass is 10.1. The molecule has 4 heterocycles. The van der Waals surface area contributed by atoms with Gasteiger partial charge in [0.25, 0.3) is 5.91 Å². The number of imidazole rings is 1. The molecule has 35 heavy (non-hydrogen) atoms. The van der Waals surface area contributed by atoms with E-state index < -0.39 is 5.97 Å². The Balaban J connectivity index is 1.30. The first-order valence-electron chi connectivity index (χ1n) is 11.2. The van der Waals surface area contributed by atoms with Crippen molar-refractivity contribution in [3.63, 3.8) is 0 Å². The average Bonchev–Trinajstić information content (AvgIpc) is 3.55. The molecule has 4 aromatic rings. The average molecular weight is 473 g/mol. The fourth-order valence-electron chi connectivity index (χ4n) is 3.79. The van der Waals surface area contributed by atoms with Crippen LogP contribution < -0.4 is 5.32 Å². The van der Waals surface area contributed by atoms with E-state index in [1.807, 2.05) is 6.07 Å². The third-order valence-electron chi connectivity index (χ3n) is 5.55. The maximum Gasteiger partial charge on any atom is 0.338 e. The number of aromatic nitrogens is 6. The summed E-state index contributed by atoms with van der Waals surface area (Å²) in [5.74, 6) is 0.206. The number of pyridine rings is 1. The number of rotatable bonds is 7. The molecule has 11 nitrogen and oxygen atoms in total. The zero-order valence-corrected chi connectivity index (χ0v) is 19.0. The molecule has 5 rings (SSSR count). The summed E-state index contributed by atoms with van der Waals surface area (Å²) < 4.78 is 14.1. The van der Waals surface area contributed by atoms with Gasteiger partial charge in [0.05, 0.1) is 60.9 Å². The van der Waals surface area contributed by atoms with Gasteiger partial charge >= 0.3 is 5.97 Å². The maximum atomic E-state index is 12.8. The van der Waals surface area contributed by atoms with Gasteiger partial charge in [-0.15, -0.1) is 5.10 Å². The smallest absolute Gasteiger partial charge is 0.338 e. The van der Waals surface area contributed by atoms with E-state index in [1.165, 1.54) is 10.9 Å². The normalized spacial score (nSPS) is 12.7. The Bertz CT molecular complexity index is 1380. The van der Waals surface area contributed by atoms with Crippen LogP contribution in [-0.2, 0) is 29.2 Å². The molecule has 0 saturated heterocycles. The van der Waals surface area contributed by atoms with Crippen LogP contribution in [-0.4, -0.2) is 54.6 Å². The predicted molar refractivity (Wildman–Crippen MR) is 124 cm³/mol. The van der Waals surface area contributed by atoms with Gasteiger partial charge in [0, 0.05) is 18.3 Å². The van der Waals surface area contributed by atoms with Crippen LogP contribution in [0.15, 0.2) is 55.1 Å². The molecule has 1 aromatic carbocycles. The first kappa shape index (κ1) is 22.4. The number of benzene rings is 1. The second-order valence-corrected chi connectivity index (χ2v) is 7.83. The molecule has 1 amide bonds. The van der Waals surface area contributed by atoms with Crippen molar-refractivity contribution < 1.29 is 19.1 Å². The zero-order valence-electron chi connectivity index (χ0n) is 19.0. The Morgan fingerprint density at radius 1 is 1.17 bits per heavy atom. The van der Waals surface area contributed by atoms with E-state index in [1.54, 1.807) is 49.8 Å². The highest BCUT2D eigenvalue weighted by molar-refractivity contribution is 5.94. The summed E-state index contributed by atoms with van der Waals surface area (Å²) in [5, 5.41) is 11.3. The summed E-state index contributed by atoms with van der Waals surface area (Å²) in [6.07, 6.45) is 6.56. The van der Waals surface area contributed by atoms with Crippen LogP contribution in [0.3, 0.4) is 0 Å². The molecule has 0 aliphatic carbocycles. The number of carbonyl (C=O) groups excluding carboxylic acids is 2. The Labute approximate surface area is 200 Å². The van der Waals surface area contributed by atoms with Crippen LogP contribution in [0.4, 0.5) is 0 Å². The second-order valence-electron chi connectivity index (χ2n) is 7.83. The van der Waals surface area contributed by atoms with E-state index in [0.717, 1.165) is 23.6 Å². The SMILES string of the molecule is CCOC(=O)c1cccc(-c2cn(-c3cncc(C(=O)NCc4cnc5n4CCOC5)c3)nn2)c1. The summed E-state index contributed by atoms with van der Waals surface area (Å²) in [4.78, 5) is 33.3. The van der Waals surface area contributed by atoms with Gasteiger partial charge in [-0.2, -0.15) is 0 Å². The molecule has 11 heteroatoms. The van der Waals surface area contributed by atoms with Crippen molar-refractivity contribution in [1.29, 1.82) is 0 Å². The summed E-state index contributed by atoms with van der Waals surface area (Å²) in [7, 11) is 0. The fraction of sp³-hybridized carbons (Fsp3) is 0.250. The Morgan fingerprint density at radius 2 is 2.09 bits per heavy atom. The molecule has 0 unspecified atom stereocenters. The summed E-state index contributed by atoms with van der Waals surface area (Å²) >= 11 is 0. The fourth-order valence-corrected chi connectivity index (χ4v) is 3.79. The van der Waals surface area contributed by atoms with Gasteiger partial charge in [-0.3, -0.25) is 9.78 Å². The predicted octanol–water partition coefficient (Wildman–Crippen LogP) is 2.16. The number of carbonyl (C=O) groups is 2. The van der Waals surface area contributed by atoms with Crippen molar-refractivity contribution in [2.45, 2.75) is 26.6 Å². The molecule has 0 atom stereocenters. The number of ether oxygens (including phenoxy) is 2.